The van der Waals surface area contributed by atoms with Crippen LogP contribution in [0.15, 0.2) is 77.7 Å². The zero-order valence-electron chi connectivity index (χ0n) is 22.8. The predicted molar refractivity (Wildman–Crippen MR) is 161 cm³/mol. The second kappa shape index (κ2) is 13.5. The van der Waals surface area contributed by atoms with Crippen molar-refractivity contribution >= 4 is 56.4 Å². The monoisotopic (exact) mass is 632 g/mol. The van der Waals surface area contributed by atoms with Crippen molar-refractivity contribution in [1.82, 2.24) is 10.2 Å². The SMILES string of the molecule is C[C@@H](C(=O)NC1CCCC1)N(Cc1c(Cl)cccc1Cl)C(=O)CN(c1ccc([N+](=O)[O-])cc1)S(=O)(=O)c1ccccc1. The molecule has 1 aliphatic rings. The Morgan fingerprint density at radius 1 is 0.976 bits per heavy atom. The molecule has 3 aromatic rings. The molecule has 42 heavy (non-hydrogen) atoms. The van der Waals surface area contributed by atoms with E-state index >= 15 is 0 Å². The van der Waals surface area contributed by atoms with E-state index in [0.29, 0.717) is 5.56 Å². The average Bonchev–Trinajstić information content (AvgIpc) is 3.49. The summed E-state index contributed by atoms with van der Waals surface area (Å²) in [5.74, 6) is -1.08. The van der Waals surface area contributed by atoms with Crippen LogP contribution in [-0.4, -0.2) is 48.7 Å². The number of non-ortho nitro benzene ring substituents is 1. The molecule has 1 atom stereocenters. The van der Waals surface area contributed by atoms with Gasteiger partial charge in [-0.05, 0) is 56.2 Å². The van der Waals surface area contributed by atoms with Gasteiger partial charge in [0.05, 0.1) is 15.5 Å². The molecule has 4 rings (SSSR count). The van der Waals surface area contributed by atoms with Crippen LogP contribution in [0, 0.1) is 10.1 Å². The number of nitro benzene ring substituents is 1. The molecule has 13 heteroatoms. The van der Waals surface area contributed by atoms with Crippen LogP contribution in [0.3, 0.4) is 0 Å². The molecule has 0 unspecified atom stereocenters. The fourth-order valence-electron chi connectivity index (χ4n) is 4.82. The van der Waals surface area contributed by atoms with Crippen molar-refractivity contribution in [1.29, 1.82) is 0 Å². The van der Waals surface area contributed by atoms with E-state index in [4.69, 9.17) is 23.2 Å². The highest BCUT2D eigenvalue weighted by Gasteiger charge is 2.34. The molecule has 0 spiro atoms. The molecule has 3 aromatic carbocycles. The number of carbonyl (C=O) groups is 2. The molecule has 0 saturated heterocycles. The molecule has 0 radical (unpaired) electrons. The van der Waals surface area contributed by atoms with Crippen molar-refractivity contribution in [3.8, 4) is 0 Å². The third kappa shape index (κ3) is 7.21. The van der Waals surface area contributed by atoms with Gasteiger partial charge in [0.25, 0.3) is 15.7 Å². The molecule has 0 aliphatic heterocycles. The minimum Gasteiger partial charge on any atom is -0.352 e. The average molecular weight is 634 g/mol. The van der Waals surface area contributed by atoms with E-state index < -0.39 is 33.4 Å². The van der Waals surface area contributed by atoms with Gasteiger partial charge >= 0.3 is 0 Å². The number of hydrogen-bond acceptors (Lipinski definition) is 6. The molecular formula is C29H30Cl2N4O6S. The largest absolute Gasteiger partial charge is 0.352 e. The Labute approximate surface area is 254 Å². The summed E-state index contributed by atoms with van der Waals surface area (Å²) < 4.78 is 28.5. The van der Waals surface area contributed by atoms with E-state index in [9.17, 15) is 28.1 Å². The van der Waals surface area contributed by atoms with Gasteiger partial charge in [-0.1, -0.05) is 60.3 Å². The van der Waals surface area contributed by atoms with E-state index in [0.717, 1.165) is 42.1 Å². The second-order valence-electron chi connectivity index (χ2n) is 9.99. The lowest BCUT2D eigenvalue weighted by molar-refractivity contribution is -0.384. The molecule has 10 nitrogen and oxygen atoms in total. The summed E-state index contributed by atoms with van der Waals surface area (Å²) in [6, 6.07) is 16.2. The van der Waals surface area contributed by atoms with Gasteiger partial charge in [-0.3, -0.25) is 24.0 Å². The Morgan fingerprint density at radius 3 is 2.14 bits per heavy atom. The van der Waals surface area contributed by atoms with Gasteiger partial charge in [0.1, 0.15) is 12.6 Å². The topological polar surface area (TPSA) is 130 Å². The minimum absolute atomic E-state index is 0.00382. The van der Waals surface area contributed by atoms with Gasteiger partial charge in [-0.15, -0.1) is 0 Å². The highest BCUT2D eigenvalue weighted by atomic mass is 35.5. The molecule has 0 aromatic heterocycles. The Bertz CT molecular complexity index is 1530. The third-order valence-corrected chi connectivity index (χ3v) is 9.71. The number of nitro groups is 1. The molecule has 0 bridgehead atoms. The van der Waals surface area contributed by atoms with Crippen LogP contribution in [0.2, 0.25) is 10.0 Å². The highest BCUT2D eigenvalue weighted by molar-refractivity contribution is 7.92. The van der Waals surface area contributed by atoms with Crippen LogP contribution in [0.25, 0.3) is 0 Å². The van der Waals surface area contributed by atoms with Crippen LogP contribution in [0.1, 0.15) is 38.2 Å². The van der Waals surface area contributed by atoms with Crippen molar-refractivity contribution < 1.29 is 22.9 Å². The first-order chi connectivity index (χ1) is 20.0. The molecule has 1 aliphatic carbocycles. The maximum atomic E-state index is 14.0. The summed E-state index contributed by atoms with van der Waals surface area (Å²) >= 11 is 12.8. The first-order valence-electron chi connectivity index (χ1n) is 13.3. The number of sulfonamides is 1. The molecule has 2 amide bonds. The summed E-state index contributed by atoms with van der Waals surface area (Å²) in [6.45, 7) is 0.711. The van der Waals surface area contributed by atoms with E-state index in [2.05, 4.69) is 5.32 Å². The number of rotatable bonds is 11. The molecule has 1 fully saturated rings. The van der Waals surface area contributed by atoms with Gasteiger partial charge in [-0.25, -0.2) is 8.42 Å². The van der Waals surface area contributed by atoms with E-state index in [1.807, 2.05) is 0 Å². The lowest BCUT2D eigenvalue weighted by Gasteiger charge is -2.32. The Hall–Kier alpha value is -3.67. The lowest BCUT2D eigenvalue weighted by Crippen LogP contribution is -2.52. The third-order valence-electron chi connectivity index (χ3n) is 7.22. The van der Waals surface area contributed by atoms with E-state index in [-0.39, 0.29) is 44.8 Å². The minimum atomic E-state index is -4.31. The fourth-order valence-corrected chi connectivity index (χ4v) is 6.77. The summed E-state index contributed by atoms with van der Waals surface area (Å²) in [5, 5.41) is 14.8. The summed E-state index contributed by atoms with van der Waals surface area (Å²) in [4.78, 5) is 39.1. The van der Waals surface area contributed by atoms with Crippen LogP contribution < -0.4 is 9.62 Å². The number of hydrogen-bond donors (Lipinski definition) is 1. The van der Waals surface area contributed by atoms with Gasteiger partial charge in [0.15, 0.2) is 0 Å². The van der Waals surface area contributed by atoms with Gasteiger partial charge in [0, 0.05) is 40.3 Å². The normalized spacial score (nSPS) is 14.3. The van der Waals surface area contributed by atoms with Crippen molar-refractivity contribution in [3.05, 3.63) is 98.5 Å². The van der Waals surface area contributed by atoms with Crippen LogP contribution in [0.5, 0.6) is 0 Å². The number of halogens is 2. The highest BCUT2D eigenvalue weighted by Crippen LogP contribution is 2.29. The smallest absolute Gasteiger partial charge is 0.269 e. The summed E-state index contributed by atoms with van der Waals surface area (Å²) in [6.07, 6.45) is 3.68. The number of nitrogens with one attached hydrogen (secondary N) is 1. The zero-order valence-corrected chi connectivity index (χ0v) is 25.1. The maximum Gasteiger partial charge on any atom is 0.269 e. The first-order valence-corrected chi connectivity index (χ1v) is 15.5. The van der Waals surface area contributed by atoms with E-state index in [1.54, 1.807) is 43.3 Å². The quantitative estimate of drug-likeness (QED) is 0.217. The standard InChI is InChI=1S/C29H30Cl2N4O6S/c1-20(29(37)32-21-8-5-6-9-21)33(18-25-26(30)12-7-13-27(25)31)28(36)19-34(22-14-16-23(17-15-22)35(38)39)42(40,41)24-10-3-2-4-11-24/h2-4,7,10-17,20-21H,5-6,8-9,18-19H2,1H3,(H,32,37)/t20-/m0/s1. The van der Waals surface area contributed by atoms with Gasteiger partial charge in [0.2, 0.25) is 11.8 Å². The predicted octanol–water partition coefficient (Wildman–Crippen LogP) is 5.57. The van der Waals surface area contributed by atoms with Crippen molar-refractivity contribution in [2.45, 2.75) is 56.1 Å². The Balaban J connectivity index is 1.72. The van der Waals surface area contributed by atoms with Crippen molar-refractivity contribution in [3.63, 3.8) is 0 Å². The maximum absolute atomic E-state index is 14.0. The van der Waals surface area contributed by atoms with Crippen LogP contribution in [0.4, 0.5) is 11.4 Å². The molecular weight excluding hydrogens is 603 g/mol. The van der Waals surface area contributed by atoms with Gasteiger partial charge < -0.3 is 10.2 Å². The molecule has 0 heterocycles. The molecule has 1 N–H and O–H groups in total. The number of benzene rings is 3. The van der Waals surface area contributed by atoms with Crippen LogP contribution >= 0.6 is 23.2 Å². The van der Waals surface area contributed by atoms with Crippen molar-refractivity contribution in [2.75, 3.05) is 10.8 Å². The Morgan fingerprint density at radius 2 is 1.57 bits per heavy atom. The second-order valence-corrected chi connectivity index (χ2v) is 12.7. The lowest BCUT2D eigenvalue weighted by atomic mass is 10.1. The van der Waals surface area contributed by atoms with E-state index in [1.165, 1.54) is 29.2 Å². The summed E-state index contributed by atoms with van der Waals surface area (Å²) in [5.41, 5.74) is 0.202. The van der Waals surface area contributed by atoms with Crippen LogP contribution in [-0.2, 0) is 26.2 Å². The fraction of sp³-hybridized carbons (Fsp3) is 0.310. The number of nitrogens with zero attached hydrogens (tertiary/aromatic N) is 3. The Kier molecular flexibility index (Phi) is 10.1. The number of amides is 2. The zero-order chi connectivity index (χ0) is 30.4. The molecule has 1 saturated carbocycles. The number of anilines is 1. The van der Waals surface area contributed by atoms with Crippen molar-refractivity contribution in [2.24, 2.45) is 0 Å². The number of carbonyl (C=O) groups excluding carboxylic acids is 2. The first kappa shape index (κ1) is 31.3. The van der Waals surface area contributed by atoms with Gasteiger partial charge in [-0.2, -0.15) is 0 Å². The molecule has 222 valence electrons. The summed E-state index contributed by atoms with van der Waals surface area (Å²) in [7, 11) is -4.31.